The van der Waals surface area contributed by atoms with E-state index >= 15 is 0 Å². The molecule has 6 nitrogen and oxygen atoms in total. The molecule has 0 aliphatic heterocycles. The Balaban J connectivity index is 1.78. The van der Waals surface area contributed by atoms with Crippen LogP contribution in [0.25, 0.3) is 10.9 Å². The number of hydrogen-bond acceptors (Lipinski definition) is 3. The molecule has 0 aliphatic carbocycles. The lowest BCUT2D eigenvalue weighted by Crippen LogP contribution is -2.33. The molecule has 0 unspecified atom stereocenters. The van der Waals surface area contributed by atoms with Gasteiger partial charge in [-0.2, -0.15) is 0 Å². The SMILES string of the molecule is CCN(CC)C(=O)Oc1ccc2c(ccn2Cc2ccccc2F)c1NC(=O)c1cc(F)c(F)cc1F. The van der Waals surface area contributed by atoms with Gasteiger partial charge in [0.05, 0.1) is 23.3 Å². The zero-order valence-corrected chi connectivity index (χ0v) is 20.0. The summed E-state index contributed by atoms with van der Waals surface area (Å²) in [6.07, 6.45) is 0.977. The van der Waals surface area contributed by atoms with Crippen LogP contribution in [0.15, 0.2) is 60.8 Å². The van der Waals surface area contributed by atoms with E-state index in [1.807, 2.05) is 0 Å². The summed E-state index contributed by atoms with van der Waals surface area (Å²) < 4.78 is 62.9. The molecule has 0 spiro atoms. The summed E-state index contributed by atoms with van der Waals surface area (Å²) in [5, 5.41) is 2.88. The van der Waals surface area contributed by atoms with Gasteiger partial charge in [-0.25, -0.2) is 22.4 Å². The van der Waals surface area contributed by atoms with Gasteiger partial charge in [-0.05, 0) is 44.2 Å². The number of benzene rings is 3. The maximum Gasteiger partial charge on any atom is 0.415 e. The number of rotatable bonds is 7. The van der Waals surface area contributed by atoms with Gasteiger partial charge < -0.3 is 19.5 Å². The highest BCUT2D eigenvalue weighted by Gasteiger charge is 2.22. The average Bonchev–Trinajstić information content (AvgIpc) is 3.27. The summed E-state index contributed by atoms with van der Waals surface area (Å²) in [6, 6.07) is 11.7. The van der Waals surface area contributed by atoms with Crippen LogP contribution >= 0.6 is 0 Å². The monoisotopic (exact) mass is 513 g/mol. The van der Waals surface area contributed by atoms with Crippen LogP contribution in [-0.2, 0) is 6.54 Å². The fourth-order valence-electron chi connectivity index (χ4n) is 3.93. The molecule has 1 N–H and O–H groups in total. The number of amides is 2. The number of ether oxygens (including phenoxy) is 1. The molecule has 0 radical (unpaired) electrons. The van der Waals surface area contributed by atoms with Crippen molar-refractivity contribution in [2.75, 3.05) is 18.4 Å². The average molecular weight is 513 g/mol. The molecular formula is C27H23F4N3O3. The van der Waals surface area contributed by atoms with Crippen LogP contribution in [0.2, 0.25) is 0 Å². The first kappa shape index (κ1) is 25.7. The van der Waals surface area contributed by atoms with E-state index in [2.05, 4.69) is 5.32 Å². The molecule has 4 rings (SSSR count). The molecule has 1 heterocycles. The van der Waals surface area contributed by atoms with Crippen molar-refractivity contribution in [3.8, 4) is 5.75 Å². The van der Waals surface area contributed by atoms with Gasteiger partial charge >= 0.3 is 6.09 Å². The van der Waals surface area contributed by atoms with E-state index in [0.717, 1.165) is 0 Å². The van der Waals surface area contributed by atoms with Crippen LogP contribution in [0.3, 0.4) is 0 Å². The molecule has 0 saturated carbocycles. The molecular weight excluding hydrogens is 490 g/mol. The third kappa shape index (κ3) is 5.28. The Morgan fingerprint density at radius 3 is 2.30 bits per heavy atom. The van der Waals surface area contributed by atoms with Gasteiger partial charge in [-0.3, -0.25) is 4.79 Å². The number of nitrogens with one attached hydrogen (secondary N) is 1. The maximum absolute atomic E-state index is 14.3. The lowest BCUT2D eigenvalue weighted by Gasteiger charge is -2.20. The summed E-state index contributed by atoms with van der Waals surface area (Å²) in [7, 11) is 0. The van der Waals surface area contributed by atoms with Crippen LogP contribution in [-0.4, -0.2) is 34.6 Å². The molecule has 192 valence electrons. The number of hydrogen-bond donors (Lipinski definition) is 1. The van der Waals surface area contributed by atoms with Crippen molar-refractivity contribution in [1.29, 1.82) is 0 Å². The zero-order valence-electron chi connectivity index (χ0n) is 20.0. The summed E-state index contributed by atoms with van der Waals surface area (Å²) in [5.74, 6) is -5.60. The largest absolute Gasteiger partial charge is 0.415 e. The minimum atomic E-state index is -1.43. The van der Waals surface area contributed by atoms with Gasteiger partial charge in [-0.15, -0.1) is 0 Å². The predicted molar refractivity (Wildman–Crippen MR) is 131 cm³/mol. The van der Waals surface area contributed by atoms with E-state index in [1.54, 1.807) is 54.9 Å². The lowest BCUT2D eigenvalue weighted by molar-refractivity contribution is 0.102. The molecule has 0 aliphatic rings. The van der Waals surface area contributed by atoms with E-state index in [9.17, 15) is 27.2 Å². The minimum Gasteiger partial charge on any atom is -0.408 e. The van der Waals surface area contributed by atoms with E-state index in [1.165, 1.54) is 17.0 Å². The van der Waals surface area contributed by atoms with E-state index < -0.39 is 40.8 Å². The van der Waals surface area contributed by atoms with Crippen molar-refractivity contribution in [3.05, 3.63) is 95.2 Å². The topological polar surface area (TPSA) is 63.6 Å². The second-order valence-electron chi connectivity index (χ2n) is 8.15. The van der Waals surface area contributed by atoms with Gasteiger partial charge in [0.15, 0.2) is 17.4 Å². The molecule has 37 heavy (non-hydrogen) atoms. The highest BCUT2D eigenvalue weighted by molar-refractivity contribution is 6.11. The molecule has 3 aromatic carbocycles. The normalized spacial score (nSPS) is 11.0. The number of aromatic nitrogens is 1. The number of carbonyl (C=O) groups excluding carboxylic acids is 2. The molecule has 2 amide bonds. The molecule has 0 atom stereocenters. The van der Waals surface area contributed by atoms with Gasteiger partial charge in [0.25, 0.3) is 5.91 Å². The highest BCUT2D eigenvalue weighted by Crippen LogP contribution is 2.35. The number of halogens is 4. The van der Waals surface area contributed by atoms with E-state index in [0.29, 0.717) is 35.6 Å². The van der Waals surface area contributed by atoms with Crippen molar-refractivity contribution < 1.29 is 31.9 Å². The van der Waals surface area contributed by atoms with Crippen molar-refractivity contribution in [1.82, 2.24) is 9.47 Å². The van der Waals surface area contributed by atoms with Gasteiger partial charge in [0.2, 0.25) is 0 Å². The van der Waals surface area contributed by atoms with Crippen molar-refractivity contribution >= 4 is 28.6 Å². The molecule has 4 aromatic rings. The van der Waals surface area contributed by atoms with Gasteiger partial charge in [0.1, 0.15) is 11.6 Å². The Labute approximate surface area is 210 Å². The molecule has 10 heteroatoms. The smallest absolute Gasteiger partial charge is 0.408 e. The summed E-state index contributed by atoms with van der Waals surface area (Å²) in [4.78, 5) is 27.0. The van der Waals surface area contributed by atoms with E-state index in [-0.39, 0.29) is 24.0 Å². The molecule has 0 saturated heterocycles. The number of anilines is 1. The predicted octanol–water partition coefficient (Wildman–Crippen LogP) is 6.34. The quantitative estimate of drug-likeness (QED) is 0.232. The fraction of sp³-hybridized carbons (Fsp3) is 0.185. The second-order valence-corrected chi connectivity index (χ2v) is 8.15. The standard InChI is InChI=1S/C27H23F4N3O3/c1-3-33(4-2)27(36)37-24-10-9-23-17(11-12-34(23)15-16-7-5-6-8-19(16)28)25(24)32-26(35)18-13-21(30)22(31)14-20(18)29/h5-14H,3-4,15H2,1-2H3,(H,32,35). The van der Waals surface area contributed by atoms with Crippen molar-refractivity contribution in [2.24, 2.45) is 0 Å². The summed E-state index contributed by atoms with van der Waals surface area (Å²) >= 11 is 0. The van der Waals surface area contributed by atoms with Crippen LogP contribution < -0.4 is 10.1 Å². The van der Waals surface area contributed by atoms with Gasteiger partial charge in [-0.1, -0.05) is 18.2 Å². The number of fused-ring (bicyclic) bond motifs is 1. The molecule has 1 aromatic heterocycles. The van der Waals surface area contributed by atoms with Crippen LogP contribution in [0.5, 0.6) is 5.75 Å². The molecule has 0 bridgehead atoms. The van der Waals surface area contributed by atoms with Gasteiger partial charge in [0, 0.05) is 36.3 Å². The van der Waals surface area contributed by atoms with Crippen molar-refractivity contribution in [3.63, 3.8) is 0 Å². The highest BCUT2D eigenvalue weighted by atomic mass is 19.2. The minimum absolute atomic E-state index is 0.0134. The third-order valence-corrected chi connectivity index (χ3v) is 5.93. The second kappa shape index (κ2) is 10.7. The van der Waals surface area contributed by atoms with Crippen LogP contribution in [0.4, 0.5) is 28.0 Å². The first-order valence-electron chi connectivity index (χ1n) is 11.5. The Morgan fingerprint density at radius 2 is 1.59 bits per heavy atom. The number of nitrogens with zero attached hydrogens (tertiary/aromatic N) is 2. The Bertz CT molecular complexity index is 1480. The number of carbonyl (C=O) groups is 2. The Morgan fingerprint density at radius 1 is 0.892 bits per heavy atom. The first-order valence-corrected chi connectivity index (χ1v) is 11.5. The Hall–Kier alpha value is -4.34. The summed E-state index contributed by atoms with van der Waals surface area (Å²) in [5.41, 5.74) is 0.251. The van der Waals surface area contributed by atoms with Crippen LogP contribution in [0.1, 0.15) is 29.8 Å². The fourth-order valence-corrected chi connectivity index (χ4v) is 3.93. The Kier molecular flexibility index (Phi) is 7.47. The summed E-state index contributed by atoms with van der Waals surface area (Å²) in [6.45, 7) is 4.45. The first-order chi connectivity index (χ1) is 17.7. The van der Waals surface area contributed by atoms with Crippen LogP contribution in [0, 0.1) is 23.3 Å². The third-order valence-electron chi connectivity index (χ3n) is 5.93. The molecule has 0 fully saturated rings. The zero-order chi connectivity index (χ0) is 26.7. The van der Waals surface area contributed by atoms with Crippen molar-refractivity contribution in [2.45, 2.75) is 20.4 Å². The maximum atomic E-state index is 14.3. The van der Waals surface area contributed by atoms with E-state index in [4.69, 9.17) is 4.74 Å². The lowest BCUT2D eigenvalue weighted by atomic mass is 10.1.